The third-order valence-corrected chi connectivity index (χ3v) is 2.79. The van der Waals surface area contributed by atoms with E-state index in [-0.39, 0.29) is 24.8 Å². The Balaban J connectivity index is 0. The maximum Gasteiger partial charge on any atom is 0.123 e. The first kappa shape index (κ1) is 20.3. The maximum atomic E-state index is 5.31. The Kier molecular flexibility index (Phi) is 12.3. The number of halogens is 3. The van der Waals surface area contributed by atoms with E-state index < -0.39 is 0 Å². The molecule has 3 nitrogen and oxygen atoms in total. The number of nitrogens with zero attached hydrogens (tertiary/aromatic N) is 1. The average molecular weight is 358 g/mol. The summed E-state index contributed by atoms with van der Waals surface area (Å²) in [5.41, 5.74) is 1.18. The first-order chi connectivity index (χ1) is 7.63. The highest BCUT2D eigenvalue weighted by Gasteiger charge is 2.02. The van der Waals surface area contributed by atoms with Crippen LogP contribution in [0.15, 0.2) is 22.7 Å². The summed E-state index contributed by atoms with van der Waals surface area (Å²) in [7, 11) is 5.84. The minimum absolute atomic E-state index is 0. The SMILES string of the molecule is COc1ccc(Br)cc1CNCCN(C)C.[Cl-].[Cl-]. The fraction of sp³-hybridized carbons (Fsp3) is 0.500. The zero-order valence-corrected chi connectivity index (χ0v) is 13.9. The molecular formula is C12H19BrCl2N2O-2. The second kappa shape index (κ2) is 10.9. The van der Waals surface area contributed by atoms with Crippen molar-refractivity contribution in [3.05, 3.63) is 28.2 Å². The number of hydrogen-bond donors (Lipinski definition) is 1. The smallest absolute Gasteiger partial charge is 0.123 e. The number of nitrogens with one attached hydrogen (secondary N) is 1. The Morgan fingerprint density at radius 1 is 1.28 bits per heavy atom. The summed E-state index contributed by atoms with van der Waals surface area (Å²) in [5, 5.41) is 3.39. The molecule has 0 heterocycles. The predicted octanol–water partition coefficient (Wildman–Crippen LogP) is -3.88. The van der Waals surface area contributed by atoms with Crippen LogP contribution in [0.3, 0.4) is 0 Å². The van der Waals surface area contributed by atoms with Gasteiger partial charge in [0.15, 0.2) is 0 Å². The number of benzene rings is 1. The highest BCUT2D eigenvalue weighted by atomic mass is 79.9. The molecule has 0 aliphatic rings. The van der Waals surface area contributed by atoms with Crippen LogP contribution in [-0.2, 0) is 6.54 Å². The van der Waals surface area contributed by atoms with Gasteiger partial charge in [0.25, 0.3) is 0 Å². The van der Waals surface area contributed by atoms with Gasteiger partial charge in [0, 0.05) is 29.7 Å². The molecule has 0 fully saturated rings. The van der Waals surface area contributed by atoms with Crippen LogP contribution >= 0.6 is 15.9 Å². The van der Waals surface area contributed by atoms with Gasteiger partial charge in [0.05, 0.1) is 7.11 Å². The Bertz CT molecular complexity index is 338. The zero-order chi connectivity index (χ0) is 12.0. The van der Waals surface area contributed by atoms with Crippen molar-refractivity contribution >= 4 is 15.9 Å². The largest absolute Gasteiger partial charge is 1.00 e. The van der Waals surface area contributed by atoms with Gasteiger partial charge in [-0.15, -0.1) is 0 Å². The molecule has 1 aromatic rings. The quantitative estimate of drug-likeness (QED) is 0.527. The molecule has 0 amide bonds. The van der Waals surface area contributed by atoms with E-state index >= 15 is 0 Å². The third kappa shape index (κ3) is 7.44. The molecule has 1 aromatic carbocycles. The molecule has 0 bridgehead atoms. The van der Waals surface area contributed by atoms with E-state index in [9.17, 15) is 0 Å². The van der Waals surface area contributed by atoms with Gasteiger partial charge >= 0.3 is 0 Å². The summed E-state index contributed by atoms with van der Waals surface area (Å²) in [4.78, 5) is 2.16. The van der Waals surface area contributed by atoms with Crippen LogP contribution in [0, 0.1) is 0 Å². The van der Waals surface area contributed by atoms with Crippen molar-refractivity contribution in [2.24, 2.45) is 0 Å². The molecule has 0 atom stereocenters. The van der Waals surface area contributed by atoms with Crippen LogP contribution in [0.4, 0.5) is 0 Å². The number of ether oxygens (including phenoxy) is 1. The van der Waals surface area contributed by atoms with Crippen LogP contribution in [0.2, 0.25) is 0 Å². The topological polar surface area (TPSA) is 24.5 Å². The highest BCUT2D eigenvalue weighted by molar-refractivity contribution is 9.10. The van der Waals surface area contributed by atoms with Crippen LogP contribution in [0.5, 0.6) is 5.75 Å². The molecule has 1 rings (SSSR count). The molecule has 0 radical (unpaired) electrons. The molecule has 0 aliphatic carbocycles. The summed E-state index contributed by atoms with van der Waals surface area (Å²) < 4.78 is 6.39. The monoisotopic (exact) mass is 356 g/mol. The van der Waals surface area contributed by atoms with E-state index in [2.05, 4.69) is 46.3 Å². The number of likely N-dealkylation sites (N-methyl/N-ethyl adjacent to an activating group) is 1. The van der Waals surface area contributed by atoms with E-state index in [1.807, 2.05) is 12.1 Å². The third-order valence-electron chi connectivity index (χ3n) is 2.29. The van der Waals surface area contributed by atoms with E-state index in [1.165, 1.54) is 5.56 Å². The molecule has 1 N–H and O–H groups in total. The molecule has 0 aromatic heterocycles. The normalized spacial score (nSPS) is 9.61. The molecule has 106 valence electrons. The van der Waals surface area contributed by atoms with Crippen molar-refractivity contribution in [2.45, 2.75) is 6.54 Å². The van der Waals surface area contributed by atoms with Crippen molar-refractivity contribution in [2.75, 3.05) is 34.3 Å². The summed E-state index contributed by atoms with van der Waals surface area (Å²) in [6.07, 6.45) is 0. The Labute approximate surface area is 130 Å². The number of hydrogen-bond acceptors (Lipinski definition) is 3. The van der Waals surface area contributed by atoms with Gasteiger partial charge in [-0.2, -0.15) is 0 Å². The van der Waals surface area contributed by atoms with Crippen LogP contribution in [0.25, 0.3) is 0 Å². The first-order valence-corrected chi connectivity index (χ1v) is 6.10. The minimum Gasteiger partial charge on any atom is -1.00 e. The van der Waals surface area contributed by atoms with Crippen molar-refractivity contribution in [3.8, 4) is 5.75 Å². The standard InChI is InChI=1S/C12H19BrN2O.2ClH/c1-15(2)7-6-14-9-10-8-11(13)4-5-12(10)16-3;;/h4-5,8,14H,6-7,9H2,1-3H3;2*1H/p-2. The summed E-state index contributed by atoms with van der Waals surface area (Å²) in [6.45, 7) is 2.84. The fourth-order valence-corrected chi connectivity index (χ4v) is 1.82. The highest BCUT2D eigenvalue weighted by Crippen LogP contribution is 2.22. The van der Waals surface area contributed by atoms with E-state index in [0.29, 0.717) is 0 Å². The van der Waals surface area contributed by atoms with E-state index in [4.69, 9.17) is 4.74 Å². The lowest BCUT2D eigenvalue weighted by Crippen LogP contribution is -3.00. The molecule has 18 heavy (non-hydrogen) atoms. The Morgan fingerprint density at radius 2 is 1.94 bits per heavy atom. The molecule has 0 aliphatic heterocycles. The van der Waals surface area contributed by atoms with Crippen LogP contribution in [0.1, 0.15) is 5.56 Å². The lowest BCUT2D eigenvalue weighted by molar-refractivity contribution is -0.001000. The van der Waals surface area contributed by atoms with Gasteiger partial charge in [-0.25, -0.2) is 0 Å². The molecule has 0 saturated carbocycles. The van der Waals surface area contributed by atoms with Crippen LogP contribution in [-0.4, -0.2) is 39.2 Å². The van der Waals surface area contributed by atoms with Gasteiger partial charge in [-0.1, -0.05) is 15.9 Å². The zero-order valence-electron chi connectivity index (χ0n) is 10.8. The minimum atomic E-state index is 0. The second-order valence-corrected chi connectivity index (χ2v) is 4.85. The second-order valence-electron chi connectivity index (χ2n) is 3.94. The first-order valence-electron chi connectivity index (χ1n) is 5.31. The van der Waals surface area contributed by atoms with E-state index in [1.54, 1.807) is 7.11 Å². The Hall–Kier alpha value is -0.000000000000000222. The molecule has 0 spiro atoms. The summed E-state index contributed by atoms with van der Waals surface area (Å²) in [5.74, 6) is 0.931. The summed E-state index contributed by atoms with van der Waals surface area (Å²) in [6, 6.07) is 6.05. The fourth-order valence-electron chi connectivity index (χ4n) is 1.41. The molecule has 0 unspecified atom stereocenters. The predicted molar refractivity (Wildman–Crippen MR) is 71.0 cm³/mol. The molecule has 6 heteroatoms. The van der Waals surface area contributed by atoms with Gasteiger partial charge in [0.1, 0.15) is 5.75 Å². The van der Waals surface area contributed by atoms with Crippen molar-refractivity contribution in [1.29, 1.82) is 0 Å². The average Bonchev–Trinajstić information content (AvgIpc) is 2.24. The van der Waals surface area contributed by atoms with Crippen molar-refractivity contribution < 1.29 is 29.6 Å². The van der Waals surface area contributed by atoms with Gasteiger partial charge in [0.2, 0.25) is 0 Å². The van der Waals surface area contributed by atoms with E-state index in [0.717, 1.165) is 29.9 Å². The van der Waals surface area contributed by atoms with Crippen LogP contribution < -0.4 is 34.9 Å². The maximum absolute atomic E-state index is 5.31. The lowest BCUT2D eigenvalue weighted by atomic mass is 10.2. The number of rotatable bonds is 6. The van der Waals surface area contributed by atoms with Gasteiger partial charge in [-0.05, 0) is 32.3 Å². The molecular weight excluding hydrogens is 339 g/mol. The van der Waals surface area contributed by atoms with Gasteiger partial charge in [-0.3, -0.25) is 0 Å². The Morgan fingerprint density at radius 3 is 2.50 bits per heavy atom. The van der Waals surface area contributed by atoms with Gasteiger partial charge < -0.3 is 39.8 Å². The van der Waals surface area contributed by atoms with Crippen molar-refractivity contribution in [1.82, 2.24) is 10.2 Å². The number of methoxy groups -OCH3 is 1. The van der Waals surface area contributed by atoms with Crippen molar-refractivity contribution in [3.63, 3.8) is 0 Å². The lowest BCUT2D eigenvalue weighted by Gasteiger charge is -2.12. The summed E-state index contributed by atoms with van der Waals surface area (Å²) >= 11 is 3.47. The molecule has 0 saturated heterocycles.